The van der Waals surface area contributed by atoms with E-state index in [0.29, 0.717) is 13.0 Å². The Bertz CT molecular complexity index is 465. The van der Waals surface area contributed by atoms with Gasteiger partial charge in [0.05, 0.1) is 6.54 Å². The fourth-order valence-electron chi connectivity index (χ4n) is 1.55. The Hall–Kier alpha value is -1.01. The Kier molecular flexibility index (Phi) is 4.44. The Labute approximate surface area is 114 Å². The van der Waals surface area contributed by atoms with Crippen LogP contribution < -0.4 is 5.32 Å². The van der Waals surface area contributed by atoms with Crippen molar-refractivity contribution in [3.05, 3.63) is 51.5 Å². The van der Waals surface area contributed by atoms with Gasteiger partial charge in [0.15, 0.2) is 3.77 Å². The lowest BCUT2D eigenvalue weighted by molar-refractivity contribution is 0.299. The number of benzene rings is 1. The molecule has 0 aliphatic heterocycles. The van der Waals surface area contributed by atoms with Crippen LogP contribution in [0.5, 0.6) is 0 Å². The number of rotatable bonds is 5. The SMILES string of the molecule is OCCc1ccc(NCc2ccc(I)o2)cc1. The van der Waals surface area contributed by atoms with Crippen molar-refractivity contribution in [1.82, 2.24) is 0 Å². The van der Waals surface area contributed by atoms with Crippen LogP contribution in [-0.4, -0.2) is 11.7 Å². The third-order valence-electron chi connectivity index (χ3n) is 2.45. The minimum absolute atomic E-state index is 0.192. The summed E-state index contributed by atoms with van der Waals surface area (Å²) in [6.07, 6.45) is 0.705. The average molecular weight is 343 g/mol. The highest BCUT2D eigenvalue weighted by molar-refractivity contribution is 14.1. The first-order valence-electron chi connectivity index (χ1n) is 5.46. The van der Waals surface area contributed by atoms with Gasteiger partial charge in [0.25, 0.3) is 0 Å². The van der Waals surface area contributed by atoms with E-state index in [9.17, 15) is 0 Å². The number of halogens is 1. The van der Waals surface area contributed by atoms with Gasteiger partial charge in [-0.05, 0) is 58.8 Å². The quantitative estimate of drug-likeness (QED) is 0.821. The molecule has 17 heavy (non-hydrogen) atoms. The highest BCUT2D eigenvalue weighted by atomic mass is 127. The minimum atomic E-state index is 0.192. The summed E-state index contributed by atoms with van der Waals surface area (Å²) in [6.45, 7) is 0.875. The second-order valence-corrected chi connectivity index (χ2v) is 4.79. The van der Waals surface area contributed by atoms with Crippen LogP contribution in [0.15, 0.2) is 40.8 Å². The van der Waals surface area contributed by atoms with Crippen LogP contribution >= 0.6 is 22.6 Å². The molecule has 1 aromatic carbocycles. The lowest BCUT2D eigenvalue weighted by atomic mass is 10.1. The van der Waals surface area contributed by atoms with E-state index in [-0.39, 0.29) is 6.61 Å². The molecule has 1 heterocycles. The average Bonchev–Trinajstić information content (AvgIpc) is 2.75. The molecule has 1 aromatic heterocycles. The van der Waals surface area contributed by atoms with Crippen molar-refractivity contribution in [2.45, 2.75) is 13.0 Å². The van der Waals surface area contributed by atoms with E-state index in [0.717, 1.165) is 20.8 Å². The molecule has 90 valence electrons. The van der Waals surface area contributed by atoms with Crippen LogP contribution in [-0.2, 0) is 13.0 Å². The van der Waals surface area contributed by atoms with Gasteiger partial charge in [-0.1, -0.05) is 12.1 Å². The zero-order chi connectivity index (χ0) is 12.1. The largest absolute Gasteiger partial charge is 0.454 e. The summed E-state index contributed by atoms with van der Waals surface area (Å²) in [6, 6.07) is 12.0. The predicted octanol–water partition coefficient (Wildman–Crippen LogP) is 3.03. The van der Waals surface area contributed by atoms with Gasteiger partial charge in [0, 0.05) is 12.3 Å². The van der Waals surface area contributed by atoms with Crippen molar-refractivity contribution in [3.8, 4) is 0 Å². The van der Waals surface area contributed by atoms with Crippen molar-refractivity contribution in [2.75, 3.05) is 11.9 Å². The van der Waals surface area contributed by atoms with Crippen molar-refractivity contribution < 1.29 is 9.52 Å². The van der Waals surface area contributed by atoms with Gasteiger partial charge in [0.2, 0.25) is 0 Å². The Balaban J connectivity index is 1.90. The minimum Gasteiger partial charge on any atom is -0.454 e. The monoisotopic (exact) mass is 343 g/mol. The fraction of sp³-hybridized carbons (Fsp3) is 0.231. The molecule has 0 amide bonds. The lowest BCUT2D eigenvalue weighted by Gasteiger charge is -2.05. The van der Waals surface area contributed by atoms with Crippen LogP contribution in [0.1, 0.15) is 11.3 Å². The molecule has 0 aliphatic carbocycles. The van der Waals surface area contributed by atoms with E-state index in [1.807, 2.05) is 36.4 Å². The summed E-state index contributed by atoms with van der Waals surface area (Å²) in [7, 11) is 0. The zero-order valence-corrected chi connectivity index (χ0v) is 11.5. The van der Waals surface area contributed by atoms with Crippen LogP contribution in [0.3, 0.4) is 0 Å². The molecule has 0 spiro atoms. The maximum atomic E-state index is 8.81. The van der Waals surface area contributed by atoms with E-state index in [4.69, 9.17) is 9.52 Å². The third-order valence-corrected chi connectivity index (χ3v) is 3.03. The third kappa shape index (κ3) is 3.74. The number of hydrogen-bond donors (Lipinski definition) is 2. The van der Waals surface area contributed by atoms with Gasteiger partial charge < -0.3 is 14.8 Å². The van der Waals surface area contributed by atoms with E-state index < -0.39 is 0 Å². The van der Waals surface area contributed by atoms with Crippen LogP contribution in [0, 0.1) is 3.77 Å². The van der Waals surface area contributed by atoms with E-state index in [1.165, 1.54) is 0 Å². The van der Waals surface area contributed by atoms with E-state index in [2.05, 4.69) is 27.9 Å². The van der Waals surface area contributed by atoms with Gasteiger partial charge >= 0.3 is 0 Å². The van der Waals surface area contributed by atoms with Gasteiger partial charge in [-0.2, -0.15) is 0 Å². The standard InChI is InChI=1S/C13H14INO2/c14-13-6-5-12(17-13)9-15-11-3-1-10(2-4-11)7-8-16/h1-6,15-16H,7-9H2. The molecule has 0 saturated heterocycles. The number of anilines is 1. The number of hydrogen-bond acceptors (Lipinski definition) is 3. The molecule has 0 atom stereocenters. The zero-order valence-electron chi connectivity index (χ0n) is 9.32. The Morgan fingerprint density at radius 1 is 1.12 bits per heavy atom. The summed E-state index contributed by atoms with van der Waals surface area (Å²) >= 11 is 2.15. The Morgan fingerprint density at radius 3 is 2.47 bits per heavy atom. The van der Waals surface area contributed by atoms with E-state index >= 15 is 0 Å². The molecular weight excluding hydrogens is 329 g/mol. The molecule has 0 radical (unpaired) electrons. The van der Waals surface area contributed by atoms with Crippen molar-refractivity contribution in [2.24, 2.45) is 0 Å². The van der Waals surface area contributed by atoms with Gasteiger partial charge in [-0.25, -0.2) is 0 Å². The maximum absolute atomic E-state index is 8.81. The van der Waals surface area contributed by atoms with Crippen molar-refractivity contribution in [3.63, 3.8) is 0 Å². The molecular formula is C13H14INO2. The summed E-state index contributed by atoms with van der Waals surface area (Å²) in [5.41, 5.74) is 2.20. The van der Waals surface area contributed by atoms with Crippen LogP contribution in [0.2, 0.25) is 0 Å². The molecule has 2 aromatic rings. The molecule has 2 N–H and O–H groups in total. The van der Waals surface area contributed by atoms with Crippen molar-refractivity contribution in [1.29, 1.82) is 0 Å². The summed E-state index contributed by atoms with van der Waals surface area (Å²) in [5.74, 6) is 0.925. The first-order chi connectivity index (χ1) is 8.28. The molecule has 0 unspecified atom stereocenters. The maximum Gasteiger partial charge on any atom is 0.164 e. The van der Waals surface area contributed by atoms with E-state index in [1.54, 1.807) is 0 Å². The Morgan fingerprint density at radius 2 is 1.88 bits per heavy atom. The summed E-state index contributed by atoms with van der Waals surface area (Å²) in [4.78, 5) is 0. The smallest absolute Gasteiger partial charge is 0.164 e. The summed E-state index contributed by atoms with van der Waals surface area (Å²) in [5, 5.41) is 12.1. The van der Waals surface area contributed by atoms with Crippen LogP contribution in [0.4, 0.5) is 5.69 Å². The highest BCUT2D eigenvalue weighted by Crippen LogP contribution is 2.14. The molecule has 3 nitrogen and oxygen atoms in total. The number of aliphatic hydroxyl groups is 1. The predicted molar refractivity (Wildman–Crippen MR) is 76.0 cm³/mol. The van der Waals surface area contributed by atoms with Gasteiger partial charge in [-0.3, -0.25) is 0 Å². The first kappa shape index (κ1) is 12.4. The molecule has 0 fully saturated rings. The molecule has 0 aliphatic rings. The number of nitrogens with one attached hydrogen (secondary N) is 1. The normalized spacial score (nSPS) is 10.5. The van der Waals surface area contributed by atoms with Crippen molar-refractivity contribution >= 4 is 28.3 Å². The van der Waals surface area contributed by atoms with Gasteiger partial charge in [-0.15, -0.1) is 0 Å². The molecule has 0 saturated carbocycles. The van der Waals surface area contributed by atoms with Crippen LogP contribution in [0.25, 0.3) is 0 Å². The second kappa shape index (κ2) is 6.07. The highest BCUT2D eigenvalue weighted by Gasteiger charge is 1.99. The molecule has 2 rings (SSSR count). The van der Waals surface area contributed by atoms with Gasteiger partial charge in [0.1, 0.15) is 5.76 Å². The molecule has 0 bridgehead atoms. The second-order valence-electron chi connectivity index (χ2n) is 3.73. The topological polar surface area (TPSA) is 45.4 Å². The first-order valence-corrected chi connectivity index (χ1v) is 6.53. The number of furan rings is 1. The lowest BCUT2D eigenvalue weighted by Crippen LogP contribution is -1.98. The fourth-order valence-corrected chi connectivity index (χ4v) is 2.02. The number of aliphatic hydroxyl groups excluding tert-OH is 1. The summed E-state index contributed by atoms with van der Waals surface area (Å²) < 4.78 is 6.36. The molecule has 4 heteroatoms.